The Balaban J connectivity index is 1.83. The maximum absolute atomic E-state index is 12.2. The summed E-state index contributed by atoms with van der Waals surface area (Å²) in [6, 6.07) is 0.539. The molecule has 1 saturated heterocycles. The lowest BCUT2D eigenvalue weighted by Crippen LogP contribution is -2.42. The maximum Gasteiger partial charge on any atom is 0.222 e. The van der Waals surface area contributed by atoms with Gasteiger partial charge >= 0.3 is 0 Å². The highest BCUT2D eigenvalue weighted by Gasteiger charge is 2.28. The van der Waals surface area contributed by atoms with Crippen LogP contribution in [0.5, 0.6) is 0 Å². The molecule has 98 valence electrons. The number of hydrogen-bond donors (Lipinski definition) is 1. The number of hydrogen-bond acceptors (Lipinski definition) is 2. The molecule has 2 rings (SSSR count). The van der Waals surface area contributed by atoms with E-state index in [2.05, 4.69) is 24.1 Å². The predicted molar refractivity (Wildman–Crippen MR) is 69.8 cm³/mol. The molecule has 17 heavy (non-hydrogen) atoms. The van der Waals surface area contributed by atoms with Crippen molar-refractivity contribution in [3.63, 3.8) is 0 Å². The van der Waals surface area contributed by atoms with Crippen LogP contribution in [-0.4, -0.2) is 36.5 Å². The molecule has 1 saturated carbocycles. The fourth-order valence-corrected chi connectivity index (χ4v) is 2.60. The maximum atomic E-state index is 12.2. The third kappa shape index (κ3) is 4.30. The van der Waals surface area contributed by atoms with Gasteiger partial charge in [-0.1, -0.05) is 13.8 Å². The van der Waals surface area contributed by atoms with Crippen molar-refractivity contribution in [1.82, 2.24) is 10.2 Å². The molecule has 0 aromatic rings. The van der Waals surface area contributed by atoms with Crippen molar-refractivity contribution in [2.75, 3.05) is 19.6 Å². The van der Waals surface area contributed by atoms with Crippen LogP contribution in [-0.2, 0) is 4.79 Å². The Labute approximate surface area is 105 Å². The van der Waals surface area contributed by atoms with Gasteiger partial charge in [0.05, 0.1) is 0 Å². The van der Waals surface area contributed by atoms with Crippen LogP contribution in [0.3, 0.4) is 0 Å². The van der Waals surface area contributed by atoms with Gasteiger partial charge in [-0.2, -0.15) is 0 Å². The highest BCUT2D eigenvalue weighted by atomic mass is 16.2. The van der Waals surface area contributed by atoms with Crippen molar-refractivity contribution in [3.8, 4) is 0 Å². The minimum Gasteiger partial charge on any atom is -0.341 e. The Morgan fingerprint density at radius 3 is 2.65 bits per heavy atom. The highest BCUT2D eigenvalue weighted by Crippen LogP contribution is 2.33. The summed E-state index contributed by atoms with van der Waals surface area (Å²) in [5.41, 5.74) is 0. The van der Waals surface area contributed by atoms with Gasteiger partial charge in [-0.25, -0.2) is 0 Å². The number of amides is 1. The lowest BCUT2D eigenvalue weighted by atomic mass is 10.1. The topological polar surface area (TPSA) is 32.3 Å². The first-order valence-corrected chi connectivity index (χ1v) is 7.16. The van der Waals surface area contributed by atoms with Crippen LogP contribution in [0.15, 0.2) is 0 Å². The van der Waals surface area contributed by atoms with Gasteiger partial charge < -0.3 is 10.2 Å². The standard InChI is InChI=1S/C14H26N2O/c1-11(2)9-16(10-13-4-3-7-15-13)14(17)8-12-5-6-12/h11-13,15H,3-10H2,1-2H3. The quantitative estimate of drug-likeness (QED) is 0.768. The summed E-state index contributed by atoms with van der Waals surface area (Å²) in [6.45, 7) is 7.35. The number of nitrogens with zero attached hydrogens (tertiary/aromatic N) is 1. The van der Waals surface area contributed by atoms with Crippen LogP contribution in [0.1, 0.15) is 46.0 Å². The molecule has 1 atom stereocenters. The summed E-state index contributed by atoms with van der Waals surface area (Å²) in [4.78, 5) is 14.3. The first-order valence-electron chi connectivity index (χ1n) is 7.16. The fraction of sp³-hybridized carbons (Fsp3) is 0.929. The molecule has 1 aliphatic carbocycles. The molecule has 3 heteroatoms. The molecule has 2 fully saturated rings. The van der Waals surface area contributed by atoms with Crippen LogP contribution in [0, 0.1) is 11.8 Å². The van der Waals surface area contributed by atoms with Crippen molar-refractivity contribution in [2.24, 2.45) is 11.8 Å². The van der Waals surface area contributed by atoms with E-state index >= 15 is 0 Å². The molecule has 0 bridgehead atoms. The third-order valence-electron chi connectivity index (χ3n) is 3.70. The van der Waals surface area contributed by atoms with Crippen LogP contribution in [0.2, 0.25) is 0 Å². The lowest BCUT2D eigenvalue weighted by Gasteiger charge is -2.27. The zero-order valence-electron chi connectivity index (χ0n) is 11.2. The van der Waals surface area contributed by atoms with E-state index in [9.17, 15) is 4.79 Å². The smallest absolute Gasteiger partial charge is 0.222 e. The average molecular weight is 238 g/mol. The summed E-state index contributed by atoms with van der Waals surface area (Å²) in [5.74, 6) is 1.66. The first kappa shape index (κ1) is 12.9. The van der Waals surface area contributed by atoms with E-state index in [1.54, 1.807) is 0 Å². The number of carbonyl (C=O) groups excluding carboxylic acids is 1. The van der Waals surface area contributed by atoms with E-state index in [-0.39, 0.29) is 0 Å². The van der Waals surface area contributed by atoms with Crippen LogP contribution in [0.25, 0.3) is 0 Å². The van der Waals surface area contributed by atoms with Crippen LogP contribution >= 0.6 is 0 Å². The van der Waals surface area contributed by atoms with Gasteiger partial charge in [0.25, 0.3) is 0 Å². The number of rotatable bonds is 6. The fourth-order valence-electron chi connectivity index (χ4n) is 2.60. The minimum atomic E-state index is 0.384. The summed E-state index contributed by atoms with van der Waals surface area (Å²) < 4.78 is 0. The molecule has 0 spiro atoms. The zero-order chi connectivity index (χ0) is 12.3. The first-order chi connectivity index (χ1) is 8.15. The molecule has 0 aromatic carbocycles. The van der Waals surface area contributed by atoms with Gasteiger partial charge in [0.15, 0.2) is 0 Å². The zero-order valence-corrected chi connectivity index (χ0v) is 11.2. The summed E-state index contributed by atoms with van der Waals surface area (Å²) in [6.07, 6.45) is 5.81. The molecule has 1 aliphatic heterocycles. The second-order valence-corrected chi connectivity index (χ2v) is 6.13. The minimum absolute atomic E-state index is 0.384. The lowest BCUT2D eigenvalue weighted by molar-refractivity contribution is -0.132. The van der Waals surface area contributed by atoms with Crippen molar-refractivity contribution < 1.29 is 4.79 Å². The summed E-state index contributed by atoms with van der Waals surface area (Å²) in [5, 5.41) is 3.49. The average Bonchev–Trinajstić information content (AvgIpc) is 2.92. The van der Waals surface area contributed by atoms with Crippen molar-refractivity contribution in [1.29, 1.82) is 0 Å². The van der Waals surface area contributed by atoms with Crippen molar-refractivity contribution in [3.05, 3.63) is 0 Å². The Kier molecular flexibility index (Phi) is 4.43. The SMILES string of the molecule is CC(C)CN(CC1CCCN1)C(=O)CC1CC1. The molecular formula is C14H26N2O. The number of carbonyl (C=O) groups is 1. The van der Waals surface area contributed by atoms with E-state index in [0.29, 0.717) is 23.8 Å². The van der Waals surface area contributed by atoms with Gasteiger partial charge in [-0.15, -0.1) is 0 Å². The van der Waals surface area contributed by atoms with Gasteiger partial charge in [0.1, 0.15) is 0 Å². The van der Waals surface area contributed by atoms with Crippen molar-refractivity contribution in [2.45, 2.75) is 52.0 Å². The molecule has 0 radical (unpaired) electrons. The molecular weight excluding hydrogens is 212 g/mol. The summed E-state index contributed by atoms with van der Waals surface area (Å²) >= 11 is 0. The van der Waals surface area contributed by atoms with Gasteiger partial charge in [0.2, 0.25) is 5.91 Å². The second kappa shape index (κ2) is 5.85. The van der Waals surface area contributed by atoms with Gasteiger partial charge in [-0.3, -0.25) is 4.79 Å². The van der Waals surface area contributed by atoms with E-state index in [4.69, 9.17) is 0 Å². The second-order valence-electron chi connectivity index (χ2n) is 6.13. The molecule has 3 nitrogen and oxygen atoms in total. The Morgan fingerprint density at radius 2 is 2.12 bits per heavy atom. The Hall–Kier alpha value is -0.570. The predicted octanol–water partition coefficient (Wildman–Crippen LogP) is 2.02. The van der Waals surface area contributed by atoms with Crippen LogP contribution in [0.4, 0.5) is 0 Å². The third-order valence-corrected chi connectivity index (χ3v) is 3.70. The molecule has 1 amide bonds. The van der Waals surface area contributed by atoms with E-state index < -0.39 is 0 Å². The summed E-state index contributed by atoms with van der Waals surface area (Å²) in [7, 11) is 0. The largest absolute Gasteiger partial charge is 0.341 e. The molecule has 1 heterocycles. The molecule has 1 N–H and O–H groups in total. The van der Waals surface area contributed by atoms with Gasteiger partial charge in [-0.05, 0) is 44.1 Å². The van der Waals surface area contributed by atoms with E-state index in [1.165, 1.54) is 25.7 Å². The highest BCUT2D eigenvalue weighted by molar-refractivity contribution is 5.76. The monoisotopic (exact) mass is 238 g/mol. The molecule has 0 aromatic heterocycles. The van der Waals surface area contributed by atoms with E-state index in [0.717, 1.165) is 26.1 Å². The Bertz CT molecular complexity index is 255. The normalized spacial score (nSPS) is 24.3. The Morgan fingerprint density at radius 1 is 1.35 bits per heavy atom. The van der Waals surface area contributed by atoms with Gasteiger partial charge in [0, 0.05) is 25.6 Å². The van der Waals surface area contributed by atoms with E-state index in [1.807, 2.05) is 0 Å². The molecule has 1 unspecified atom stereocenters. The van der Waals surface area contributed by atoms with Crippen LogP contribution < -0.4 is 5.32 Å². The number of nitrogens with one attached hydrogen (secondary N) is 1. The van der Waals surface area contributed by atoms with Crippen molar-refractivity contribution >= 4 is 5.91 Å². The molecule has 2 aliphatic rings.